The summed E-state index contributed by atoms with van der Waals surface area (Å²) in [6.07, 6.45) is 2.41. The molecule has 156 valence electrons. The number of amides is 2. The summed E-state index contributed by atoms with van der Waals surface area (Å²) in [6.45, 7) is 2.03. The molecule has 0 radical (unpaired) electrons. The Morgan fingerprint density at radius 2 is 1.61 bits per heavy atom. The number of carbonyl (C=O) groups excluding carboxylic acids is 2. The van der Waals surface area contributed by atoms with Crippen LogP contribution in [-0.2, 0) is 11.3 Å². The minimum atomic E-state index is -0.973. The second-order valence-electron chi connectivity index (χ2n) is 6.85. The van der Waals surface area contributed by atoms with Gasteiger partial charge in [-0.2, -0.15) is 0 Å². The van der Waals surface area contributed by atoms with E-state index in [9.17, 15) is 19.5 Å². The molecule has 0 atom stereocenters. The summed E-state index contributed by atoms with van der Waals surface area (Å²) in [5, 5.41) is 8.85. The average Bonchev–Trinajstić information content (AvgIpc) is 2.78. The standard InChI is InChI=1S/C25H21NO4S/c1-18(31-25(30)26(17-27)16-19-7-3-2-4-8-19)13-20-9-5-10-21(14-20)22-11-6-12-23(15-22)24(28)29/h2-15,17H,16H2,1H3,(H,28,29)/b18-13-. The van der Waals surface area contributed by atoms with Crippen molar-refractivity contribution in [2.75, 3.05) is 0 Å². The van der Waals surface area contributed by atoms with Gasteiger partial charge in [0, 0.05) is 0 Å². The van der Waals surface area contributed by atoms with Crippen molar-refractivity contribution in [1.29, 1.82) is 0 Å². The number of imide groups is 1. The lowest BCUT2D eigenvalue weighted by molar-refractivity contribution is -0.115. The van der Waals surface area contributed by atoms with Gasteiger partial charge in [0.05, 0.1) is 12.1 Å². The summed E-state index contributed by atoms with van der Waals surface area (Å²) >= 11 is 0.994. The summed E-state index contributed by atoms with van der Waals surface area (Å²) in [5.41, 5.74) is 3.65. The smallest absolute Gasteiger partial charge is 0.335 e. The number of hydrogen-bond acceptors (Lipinski definition) is 4. The quantitative estimate of drug-likeness (QED) is 0.470. The molecule has 0 aliphatic carbocycles. The number of thioether (sulfide) groups is 1. The minimum absolute atomic E-state index is 0.221. The molecule has 3 aromatic rings. The van der Waals surface area contributed by atoms with Gasteiger partial charge in [0.2, 0.25) is 6.41 Å². The van der Waals surface area contributed by atoms with Crippen LogP contribution >= 0.6 is 11.8 Å². The number of carbonyl (C=O) groups is 3. The fourth-order valence-corrected chi connectivity index (χ4v) is 3.72. The number of aromatic carboxylic acids is 1. The van der Waals surface area contributed by atoms with Crippen LogP contribution in [0.1, 0.15) is 28.4 Å². The van der Waals surface area contributed by atoms with Gasteiger partial charge in [-0.3, -0.25) is 14.5 Å². The van der Waals surface area contributed by atoms with Crippen LogP contribution in [0.3, 0.4) is 0 Å². The molecule has 31 heavy (non-hydrogen) atoms. The summed E-state index contributed by atoms with van der Waals surface area (Å²) in [7, 11) is 0. The van der Waals surface area contributed by atoms with Crippen LogP contribution in [0.15, 0.2) is 83.8 Å². The van der Waals surface area contributed by atoms with Gasteiger partial charge in [-0.25, -0.2) is 4.79 Å². The third-order valence-electron chi connectivity index (χ3n) is 4.51. The van der Waals surface area contributed by atoms with Crippen molar-refractivity contribution in [2.24, 2.45) is 0 Å². The highest BCUT2D eigenvalue weighted by molar-refractivity contribution is 8.16. The Balaban J connectivity index is 1.73. The Bertz CT molecular complexity index is 1130. The maximum absolute atomic E-state index is 12.5. The van der Waals surface area contributed by atoms with Crippen molar-refractivity contribution < 1.29 is 19.5 Å². The van der Waals surface area contributed by atoms with Crippen LogP contribution in [0.2, 0.25) is 0 Å². The average molecular weight is 432 g/mol. The largest absolute Gasteiger partial charge is 0.478 e. The normalized spacial score (nSPS) is 11.1. The van der Waals surface area contributed by atoms with E-state index in [4.69, 9.17) is 0 Å². The lowest BCUT2D eigenvalue weighted by atomic mass is 10.0. The van der Waals surface area contributed by atoms with Gasteiger partial charge in [0.1, 0.15) is 0 Å². The van der Waals surface area contributed by atoms with E-state index in [0.717, 1.165) is 43.8 Å². The number of rotatable bonds is 7. The molecule has 3 aromatic carbocycles. The number of benzene rings is 3. The number of hydrogen-bond donors (Lipinski definition) is 1. The summed E-state index contributed by atoms with van der Waals surface area (Å²) < 4.78 is 0. The monoisotopic (exact) mass is 431 g/mol. The van der Waals surface area contributed by atoms with Crippen molar-refractivity contribution in [3.63, 3.8) is 0 Å². The molecule has 0 aromatic heterocycles. The van der Waals surface area contributed by atoms with Crippen LogP contribution in [0.4, 0.5) is 4.79 Å². The van der Waals surface area contributed by atoms with Crippen molar-refractivity contribution in [3.05, 3.63) is 100 Å². The van der Waals surface area contributed by atoms with Gasteiger partial charge in [0.15, 0.2) is 0 Å². The van der Waals surface area contributed by atoms with Crippen LogP contribution in [0, 0.1) is 0 Å². The summed E-state index contributed by atoms with van der Waals surface area (Å²) in [4.78, 5) is 37.0. The molecule has 1 N–H and O–H groups in total. The number of carboxylic acid groups (broad SMARTS) is 1. The number of carboxylic acids is 1. The molecule has 0 aliphatic rings. The molecular weight excluding hydrogens is 410 g/mol. The van der Waals surface area contributed by atoms with Gasteiger partial charge >= 0.3 is 5.97 Å². The lowest BCUT2D eigenvalue weighted by Crippen LogP contribution is -2.25. The maximum Gasteiger partial charge on any atom is 0.335 e. The SMILES string of the molecule is C/C(=C/c1cccc(-c2cccc(C(=O)O)c2)c1)SC(=O)N(C=O)Cc1ccccc1. The first kappa shape index (κ1) is 22.1. The third kappa shape index (κ3) is 6.17. The van der Waals surface area contributed by atoms with Gasteiger partial charge < -0.3 is 5.11 Å². The minimum Gasteiger partial charge on any atom is -0.478 e. The van der Waals surface area contributed by atoms with Crippen molar-refractivity contribution >= 4 is 35.5 Å². The molecule has 2 amide bonds. The highest BCUT2D eigenvalue weighted by Gasteiger charge is 2.14. The van der Waals surface area contributed by atoms with E-state index in [1.165, 1.54) is 0 Å². The molecule has 0 spiro atoms. The fourth-order valence-electron chi connectivity index (χ4n) is 3.03. The highest BCUT2D eigenvalue weighted by Crippen LogP contribution is 2.26. The van der Waals surface area contributed by atoms with Gasteiger partial charge in [-0.1, -0.05) is 60.7 Å². The van der Waals surface area contributed by atoms with Gasteiger partial charge in [-0.15, -0.1) is 0 Å². The molecular formula is C25H21NO4S. The van der Waals surface area contributed by atoms with Gasteiger partial charge in [-0.05, 0) is 70.1 Å². The molecule has 0 saturated heterocycles. The Kier molecular flexibility index (Phi) is 7.40. The number of nitrogens with zero attached hydrogens (tertiary/aromatic N) is 1. The molecule has 3 rings (SSSR count). The predicted octanol–water partition coefficient (Wildman–Crippen LogP) is 5.92. The topological polar surface area (TPSA) is 74.7 Å². The Hall–Kier alpha value is -3.64. The molecule has 0 aliphatic heterocycles. The molecule has 0 unspecified atom stereocenters. The zero-order valence-electron chi connectivity index (χ0n) is 16.9. The van der Waals surface area contributed by atoms with Crippen molar-refractivity contribution in [3.8, 4) is 11.1 Å². The van der Waals surface area contributed by atoms with Crippen molar-refractivity contribution in [2.45, 2.75) is 13.5 Å². The maximum atomic E-state index is 12.5. The van der Waals surface area contributed by atoms with E-state index in [1.54, 1.807) is 18.2 Å². The molecule has 5 nitrogen and oxygen atoms in total. The Morgan fingerprint density at radius 1 is 0.935 bits per heavy atom. The third-order valence-corrected chi connectivity index (χ3v) is 5.35. The van der Waals surface area contributed by atoms with Crippen molar-refractivity contribution in [1.82, 2.24) is 4.90 Å². The van der Waals surface area contributed by atoms with Gasteiger partial charge in [0.25, 0.3) is 5.24 Å². The van der Waals surface area contributed by atoms with E-state index in [-0.39, 0.29) is 17.3 Å². The first-order valence-corrected chi connectivity index (χ1v) is 10.4. The zero-order chi connectivity index (χ0) is 22.2. The van der Waals surface area contributed by atoms with Crippen LogP contribution in [0.25, 0.3) is 17.2 Å². The lowest BCUT2D eigenvalue weighted by Gasteiger charge is -2.15. The van der Waals surface area contributed by atoms with E-state index in [1.807, 2.05) is 73.7 Å². The van der Waals surface area contributed by atoms with E-state index >= 15 is 0 Å². The Morgan fingerprint density at radius 3 is 2.29 bits per heavy atom. The van der Waals surface area contributed by atoms with E-state index in [0.29, 0.717) is 6.41 Å². The molecule has 0 bridgehead atoms. The first-order valence-electron chi connectivity index (χ1n) is 9.56. The highest BCUT2D eigenvalue weighted by atomic mass is 32.2. The Labute approximate surface area is 185 Å². The summed E-state index contributed by atoms with van der Waals surface area (Å²) in [5.74, 6) is -0.973. The summed E-state index contributed by atoms with van der Waals surface area (Å²) in [6, 6.07) is 23.7. The molecule has 0 saturated carbocycles. The second kappa shape index (κ2) is 10.4. The number of allylic oxidation sites excluding steroid dienone is 1. The van der Waals surface area contributed by atoms with Crippen LogP contribution in [0.5, 0.6) is 0 Å². The molecule has 0 heterocycles. The van der Waals surface area contributed by atoms with E-state index < -0.39 is 5.97 Å². The van der Waals surface area contributed by atoms with Crippen LogP contribution < -0.4 is 0 Å². The van der Waals surface area contributed by atoms with E-state index in [2.05, 4.69) is 0 Å². The molecule has 6 heteroatoms. The van der Waals surface area contributed by atoms with Crippen LogP contribution in [-0.4, -0.2) is 27.6 Å². The molecule has 0 fully saturated rings. The predicted molar refractivity (Wildman–Crippen MR) is 124 cm³/mol. The first-order chi connectivity index (χ1) is 15.0. The fraction of sp³-hybridized carbons (Fsp3) is 0.0800. The zero-order valence-corrected chi connectivity index (χ0v) is 17.7. The second-order valence-corrected chi connectivity index (χ2v) is 8.05.